The van der Waals surface area contributed by atoms with E-state index in [0.29, 0.717) is 29.7 Å². The van der Waals surface area contributed by atoms with Crippen LogP contribution in [0.2, 0.25) is 5.02 Å². The summed E-state index contributed by atoms with van der Waals surface area (Å²) in [6.07, 6.45) is 1.78. The van der Waals surface area contributed by atoms with Crippen LogP contribution in [-0.2, 0) is 14.3 Å². The van der Waals surface area contributed by atoms with Gasteiger partial charge in [0, 0.05) is 17.9 Å². The second-order valence-corrected chi connectivity index (χ2v) is 7.77. The summed E-state index contributed by atoms with van der Waals surface area (Å²) in [7, 11) is 0. The summed E-state index contributed by atoms with van der Waals surface area (Å²) in [5, 5.41) is 0.508. The van der Waals surface area contributed by atoms with Gasteiger partial charge in [-0.2, -0.15) is 0 Å². The molecule has 0 spiro atoms. The first-order valence-corrected chi connectivity index (χ1v) is 8.65. The zero-order valence-corrected chi connectivity index (χ0v) is 15.7. The summed E-state index contributed by atoms with van der Waals surface area (Å²) < 4.78 is 10.4. The van der Waals surface area contributed by atoms with E-state index in [9.17, 15) is 9.59 Å². The molecule has 0 heterocycles. The number of halogens is 1. The Hall–Kier alpha value is -1.55. The van der Waals surface area contributed by atoms with Crippen LogP contribution in [0.5, 0.6) is 5.75 Å². The van der Waals surface area contributed by atoms with E-state index in [1.54, 1.807) is 24.3 Å². The molecule has 1 rings (SSSR count). The highest BCUT2D eigenvalue weighted by molar-refractivity contribution is 6.30. The van der Waals surface area contributed by atoms with Crippen molar-refractivity contribution in [2.24, 2.45) is 11.3 Å². The van der Waals surface area contributed by atoms with Gasteiger partial charge in [0.05, 0.1) is 6.61 Å². The largest absolute Gasteiger partial charge is 0.465 e. The Kier molecular flexibility index (Phi) is 8.26. The van der Waals surface area contributed by atoms with E-state index < -0.39 is 0 Å². The lowest BCUT2D eigenvalue weighted by Crippen LogP contribution is -2.18. The summed E-state index contributed by atoms with van der Waals surface area (Å²) in [4.78, 5) is 23.4. The number of hydrogen-bond donors (Lipinski definition) is 0. The van der Waals surface area contributed by atoms with E-state index in [-0.39, 0.29) is 30.2 Å². The summed E-state index contributed by atoms with van der Waals surface area (Å²) in [6.45, 7) is 8.98. The quantitative estimate of drug-likeness (QED) is 0.485. The van der Waals surface area contributed by atoms with Crippen LogP contribution in [0.1, 0.15) is 53.4 Å². The Bertz CT molecular complexity index is 549. The second-order valence-electron chi connectivity index (χ2n) is 7.34. The van der Waals surface area contributed by atoms with E-state index in [4.69, 9.17) is 21.1 Å². The van der Waals surface area contributed by atoms with Crippen LogP contribution in [0.3, 0.4) is 0 Å². The normalized spacial score (nSPS) is 12.5. The molecule has 0 radical (unpaired) electrons. The fourth-order valence-corrected chi connectivity index (χ4v) is 2.68. The van der Waals surface area contributed by atoms with Crippen LogP contribution >= 0.6 is 11.6 Å². The Morgan fingerprint density at radius 2 is 1.83 bits per heavy atom. The first kappa shape index (κ1) is 20.5. The molecule has 4 nitrogen and oxygen atoms in total. The summed E-state index contributed by atoms with van der Waals surface area (Å²) in [5.41, 5.74) is 0.218. The topological polar surface area (TPSA) is 52.6 Å². The number of hydrogen-bond acceptors (Lipinski definition) is 4. The molecule has 1 unspecified atom stereocenters. The third-order valence-electron chi connectivity index (χ3n) is 3.28. The van der Waals surface area contributed by atoms with E-state index in [0.717, 1.165) is 6.42 Å². The maximum absolute atomic E-state index is 11.7. The standard InChI is InChI=1S/C19H27ClO4/c1-14(12-19(2,3)4)13-23-17(21)9-6-10-18(22)24-16-8-5-7-15(20)11-16/h5,7-8,11,14H,6,9-10,12-13H2,1-4H3. The highest BCUT2D eigenvalue weighted by Crippen LogP contribution is 2.24. The number of benzene rings is 1. The molecule has 0 amide bonds. The van der Waals surface area contributed by atoms with Crippen molar-refractivity contribution in [3.8, 4) is 5.75 Å². The van der Waals surface area contributed by atoms with E-state index in [1.165, 1.54) is 0 Å². The molecule has 0 saturated carbocycles. The molecule has 5 heteroatoms. The average molecular weight is 355 g/mol. The summed E-state index contributed by atoms with van der Waals surface area (Å²) in [5.74, 6) is 0.0744. The van der Waals surface area contributed by atoms with Crippen molar-refractivity contribution in [2.45, 2.75) is 53.4 Å². The molecule has 0 aliphatic heterocycles. The molecular formula is C19H27ClO4. The summed E-state index contributed by atoms with van der Waals surface area (Å²) >= 11 is 5.82. The molecule has 0 aliphatic carbocycles. The first-order chi connectivity index (χ1) is 11.2. The van der Waals surface area contributed by atoms with Crippen molar-refractivity contribution in [3.05, 3.63) is 29.3 Å². The van der Waals surface area contributed by atoms with Crippen LogP contribution in [-0.4, -0.2) is 18.5 Å². The number of rotatable bonds is 8. The number of carbonyl (C=O) groups excluding carboxylic acids is 2. The smallest absolute Gasteiger partial charge is 0.311 e. The van der Waals surface area contributed by atoms with Crippen molar-refractivity contribution < 1.29 is 19.1 Å². The van der Waals surface area contributed by atoms with Gasteiger partial charge in [0.15, 0.2) is 0 Å². The van der Waals surface area contributed by atoms with Gasteiger partial charge in [-0.1, -0.05) is 45.4 Å². The molecular weight excluding hydrogens is 328 g/mol. The van der Waals surface area contributed by atoms with Crippen LogP contribution in [0.15, 0.2) is 24.3 Å². The maximum Gasteiger partial charge on any atom is 0.311 e. The third kappa shape index (κ3) is 9.56. The van der Waals surface area contributed by atoms with Gasteiger partial charge in [0.1, 0.15) is 5.75 Å². The highest BCUT2D eigenvalue weighted by Gasteiger charge is 2.17. The number of esters is 2. The fraction of sp³-hybridized carbons (Fsp3) is 0.579. The lowest BCUT2D eigenvalue weighted by Gasteiger charge is -2.22. The van der Waals surface area contributed by atoms with Gasteiger partial charge in [-0.3, -0.25) is 9.59 Å². The van der Waals surface area contributed by atoms with Gasteiger partial charge in [-0.05, 0) is 42.4 Å². The molecule has 0 bridgehead atoms. The lowest BCUT2D eigenvalue weighted by molar-refractivity contribution is -0.145. The van der Waals surface area contributed by atoms with Crippen LogP contribution in [0, 0.1) is 11.3 Å². The molecule has 1 aromatic rings. The molecule has 134 valence electrons. The van der Waals surface area contributed by atoms with Crippen molar-refractivity contribution in [3.63, 3.8) is 0 Å². The van der Waals surface area contributed by atoms with E-state index in [1.807, 2.05) is 0 Å². The fourth-order valence-electron chi connectivity index (χ4n) is 2.50. The predicted octanol–water partition coefficient (Wildman–Crippen LogP) is 5.03. The zero-order chi connectivity index (χ0) is 18.2. The van der Waals surface area contributed by atoms with E-state index in [2.05, 4.69) is 27.7 Å². The molecule has 0 aromatic heterocycles. The van der Waals surface area contributed by atoms with Crippen molar-refractivity contribution in [2.75, 3.05) is 6.61 Å². The Balaban J connectivity index is 2.19. The molecule has 1 atom stereocenters. The van der Waals surface area contributed by atoms with Crippen LogP contribution < -0.4 is 4.74 Å². The van der Waals surface area contributed by atoms with Gasteiger partial charge in [-0.15, -0.1) is 0 Å². The maximum atomic E-state index is 11.7. The van der Waals surface area contributed by atoms with Crippen molar-refractivity contribution in [1.82, 2.24) is 0 Å². The third-order valence-corrected chi connectivity index (χ3v) is 3.51. The minimum Gasteiger partial charge on any atom is -0.465 e. The highest BCUT2D eigenvalue weighted by atomic mass is 35.5. The SMILES string of the molecule is CC(COC(=O)CCCC(=O)Oc1cccc(Cl)c1)CC(C)(C)C. The van der Waals surface area contributed by atoms with Crippen molar-refractivity contribution >= 4 is 23.5 Å². The van der Waals surface area contributed by atoms with Gasteiger partial charge in [0.2, 0.25) is 0 Å². The monoisotopic (exact) mass is 354 g/mol. The Morgan fingerprint density at radius 3 is 2.46 bits per heavy atom. The van der Waals surface area contributed by atoms with Gasteiger partial charge in [0.25, 0.3) is 0 Å². The molecule has 24 heavy (non-hydrogen) atoms. The molecule has 0 saturated heterocycles. The first-order valence-electron chi connectivity index (χ1n) is 8.27. The van der Waals surface area contributed by atoms with Crippen LogP contribution in [0.4, 0.5) is 0 Å². The lowest BCUT2D eigenvalue weighted by atomic mass is 9.86. The van der Waals surface area contributed by atoms with Gasteiger partial charge >= 0.3 is 11.9 Å². The Labute approximate surface area is 149 Å². The second kappa shape index (κ2) is 9.67. The zero-order valence-electron chi connectivity index (χ0n) is 14.9. The van der Waals surface area contributed by atoms with Gasteiger partial charge < -0.3 is 9.47 Å². The van der Waals surface area contributed by atoms with Crippen LogP contribution in [0.25, 0.3) is 0 Å². The predicted molar refractivity (Wildman–Crippen MR) is 95.1 cm³/mol. The van der Waals surface area contributed by atoms with E-state index >= 15 is 0 Å². The molecule has 0 N–H and O–H groups in total. The van der Waals surface area contributed by atoms with Crippen molar-refractivity contribution in [1.29, 1.82) is 0 Å². The minimum atomic E-state index is -0.383. The molecule has 0 fully saturated rings. The molecule has 0 aliphatic rings. The summed E-state index contributed by atoms with van der Waals surface area (Å²) in [6, 6.07) is 6.65. The number of carbonyl (C=O) groups is 2. The minimum absolute atomic E-state index is 0.166. The molecule has 1 aromatic carbocycles. The number of ether oxygens (including phenoxy) is 2. The average Bonchev–Trinajstić information content (AvgIpc) is 2.43. The van der Waals surface area contributed by atoms with Gasteiger partial charge in [-0.25, -0.2) is 0 Å². The Morgan fingerprint density at radius 1 is 1.17 bits per heavy atom.